The number of anilines is 1. The van der Waals surface area contributed by atoms with Crippen LogP contribution >= 0.6 is 0 Å². The maximum atomic E-state index is 5.77. The summed E-state index contributed by atoms with van der Waals surface area (Å²) in [6.07, 6.45) is 3.68. The molecule has 1 aliphatic heterocycles. The Balaban J connectivity index is 1.38. The Morgan fingerprint density at radius 1 is 1.14 bits per heavy atom. The molecule has 2 heterocycles. The Morgan fingerprint density at radius 2 is 2.00 bits per heavy atom. The minimum Gasteiger partial charge on any atom is -0.407 e. The van der Waals surface area contributed by atoms with Gasteiger partial charge in [0.1, 0.15) is 0 Å². The van der Waals surface area contributed by atoms with Crippen LogP contribution < -0.4 is 10.2 Å². The van der Waals surface area contributed by atoms with E-state index in [4.69, 9.17) is 4.42 Å². The molecule has 1 atom stereocenters. The summed E-state index contributed by atoms with van der Waals surface area (Å²) in [6.45, 7) is 2.63. The molecule has 2 aromatic rings. The second-order valence-corrected chi connectivity index (χ2v) is 5.98. The van der Waals surface area contributed by atoms with Gasteiger partial charge < -0.3 is 14.6 Å². The maximum absolute atomic E-state index is 5.77. The number of nitrogens with zero attached hydrogens (tertiary/aromatic N) is 3. The van der Waals surface area contributed by atoms with Gasteiger partial charge in [-0.05, 0) is 24.8 Å². The molecule has 2 fully saturated rings. The minimum atomic E-state index is 0.561. The van der Waals surface area contributed by atoms with E-state index in [1.165, 1.54) is 18.4 Å². The molecular formula is C16H20N4O. The molecule has 110 valence electrons. The quantitative estimate of drug-likeness (QED) is 0.913. The highest BCUT2D eigenvalue weighted by Crippen LogP contribution is 2.30. The molecule has 1 saturated heterocycles. The standard InChI is InChI=1S/C16H20N4O/c1-2-4-12(5-3-1)13-8-9-20(11-13)16-19-18-15(21-16)10-17-14-6-7-14/h1-5,13-14,17H,6-11H2. The summed E-state index contributed by atoms with van der Waals surface area (Å²) >= 11 is 0. The molecule has 0 spiro atoms. The van der Waals surface area contributed by atoms with Crippen molar-refractivity contribution in [2.75, 3.05) is 18.0 Å². The van der Waals surface area contributed by atoms with Crippen LogP contribution in [0.1, 0.15) is 36.6 Å². The molecule has 1 aromatic heterocycles. The molecule has 2 aliphatic rings. The normalized spacial score (nSPS) is 21.9. The monoisotopic (exact) mass is 284 g/mol. The minimum absolute atomic E-state index is 0.561. The average Bonchev–Trinajstić information content (AvgIpc) is 3.03. The molecule has 4 rings (SSSR count). The van der Waals surface area contributed by atoms with Crippen LogP contribution in [0.25, 0.3) is 0 Å². The first-order chi connectivity index (χ1) is 10.4. The molecule has 1 aromatic carbocycles. The second-order valence-electron chi connectivity index (χ2n) is 5.98. The first-order valence-corrected chi connectivity index (χ1v) is 7.74. The maximum Gasteiger partial charge on any atom is 0.318 e. The molecule has 1 saturated carbocycles. The van der Waals surface area contributed by atoms with Gasteiger partial charge in [0.25, 0.3) is 0 Å². The number of hydrogen-bond donors (Lipinski definition) is 1. The zero-order valence-electron chi connectivity index (χ0n) is 12.0. The Bertz CT molecular complexity index is 593. The van der Waals surface area contributed by atoms with E-state index < -0.39 is 0 Å². The van der Waals surface area contributed by atoms with Crippen LogP contribution in [-0.2, 0) is 6.54 Å². The van der Waals surface area contributed by atoms with Gasteiger partial charge in [0, 0.05) is 25.0 Å². The zero-order chi connectivity index (χ0) is 14.1. The van der Waals surface area contributed by atoms with Crippen LogP contribution in [0.3, 0.4) is 0 Å². The lowest BCUT2D eigenvalue weighted by Crippen LogP contribution is -2.19. The van der Waals surface area contributed by atoms with Crippen LogP contribution in [0.15, 0.2) is 34.7 Å². The third kappa shape index (κ3) is 2.93. The summed E-state index contributed by atoms with van der Waals surface area (Å²) in [5.74, 6) is 1.26. The predicted molar refractivity (Wildman–Crippen MR) is 80.2 cm³/mol. The summed E-state index contributed by atoms with van der Waals surface area (Å²) in [5, 5.41) is 11.7. The first-order valence-electron chi connectivity index (χ1n) is 7.74. The van der Waals surface area contributed by atoms with Crippen molar-refractivity contribution in [1.29, 1.82) is 0 Å². The van der Waals surface area contributed by atoms with Gasteiger partial charge in [-0.15, -0.1) is 5.10 Å². The van der Waals surface area contributed by atoms with E-state index in [0.717, 1.165) is 19.5 Å². The molecule has 0 bridgehead atoms. The molecule has 5 nitrogen and oxygen atoms in total. The number of nitrogens with one attached hydrogen (secondary N) is 1. The number of benzene rings is 1. The molecule has 1 N–H and O–H groups in total. The largest absolute Gasteiger partial charge is 0.407 e. The van der Waals surface area contributed by atoms with E-state index in [0.29, 0.717) is 30.4 Å². The molecule has 0 radical (unpaired) electrons. The van der Waals surface area contributed by atoms with Crippen LogP contribution in [0.5, 0.6) is 0 Å². The Hall–Kier alpha value is -1.88. The Kier molecular flexibility index (Phi) is 3.35. The van der Waals surface area contributed by atoms with Gasteiger partial charge in [0.15, 0.2) is 0 Å². The van der Waals surface area contributed by atoms with Crippen molar-refractivity contribution in [3.05, 3.63) is 41.8 Å². The molecule has 1 unspecified atom stereocenters. The van der Waals surface area contributed by atoms with Crippen LogP contribution in [0.4, 0.5) is 6.01 Å². The summed E-state index contributed by atoms with van der Waals surface area (Å²) in [7, 11) is 0. The SMILES string of the molecule is c1ccc(C2CCN(c3nnc(CNC4CC4)o3)C2)cc1. The van der Waals surface area contributed by atoms with Crippen molar-refractivity contribution < 1.29 is 4.42 Å². The van der Waals surface area contributed by atoms with Crippen molar-refractivity contribution in [3.63, 3.8) is 0 Å². The van der Waals surface area contributed by atoms with Crippen LogP contribution in [0, 0.1) is 0 Å². The van der Waals surface area contributed by atoms with E-state index in [2.05, 4.69) is 50.7 Å². The van der Waals surface area contributed by atoms with E-state index in [1.54, 1.807) is 0 Å². The van der Waals surface area contributed by atoms with Gasteiger partial charge in [-0.1, -0.05) is 35.4 Å². The smallest absolute Gasteiger partial charge is 0.318 e. The van der Waals surface area contributed by atoms with E-state index in [-0.39, 0.29) is 0 Å². The van der Waals surface area contributed by atoms with Gasteiger partial charge in [0.05, 0.1) is 6.54 Å². The average molecular weight is 284 g/mol. The number of aromatic nitrogens is 2. The summed E-state index contributed by atoms with van der Waals surface area (Å²) in [5.41, 5.74) is 1.40. The van der Waals surface area contributed by atoms with Gasteiger partial charge in [-0.25, -0.2) is 0 Å². The molecule has 0 amide bonds. The van der Waals surface area contributed by atoms with Gasteiger partial charge >= 0.3 is 6.01 Å². The fourth-order valence-corrected chi connectivity index (χ4v) is 2.89. The number of rotatable bonds is 5. The second kappa shape index (κ2) is 5.48. The molecular weight excluding hydrogens is 264 g/mol. The van der Waals surface area contributed by atoms with Gasteiger partial charge in [-0.2, -0.15) is 0 Å². The predicted octanol–water partition coefficient (Wildman–Crippen LogP) is 2.32. The van der Waals surface area contributed by atoms with E-state index in [9.17, 15) is 0 Å². The highest BCUT2D eigenvalue weighted by molar-refractivity contribution is 5.32. The molecule has 1 aliphatic carbocycles. The van der Waals surface area contributed by atoms with E-state index in [1.807, 2.05) is 0 Å². The van der Waals surface area contributed by atoms with Crippen LogP contribution in [-0.4, -0.2) is 29.3 Å². The van der Waals surface area contributed by atoms with Gasteiger partial charge in [-0.3, -0.25) is 0 Å². The summed E-state index contributed by atoms with van der Waals surface area (Å²) < 4.78 is 5.77. The topological polar surface area (TPSA) is 54.2 Å². The fraction of sp³-hybridized carbons (Fsp3) is 0.500. The molecule has 5 heteroatoms. The van der Waals surface area contributed by atoms with Crippen molar-refractivity contribution in [2.45, 2.75) is 37.8 Å². The zero-order valence-corrected chi connectivity index (χ0v) is 12.0. The number of hydrogen-bond acceptors (Lipinski definition) is 5. The van der Waals surface area contributed by atoms with Crippen LogP contribution in [0.2, 0.25) is 0 Å². The lowest BCUT2D eigenvalue weighted by molar-refractivity contribution is 0.464. The first kappa shape index (κ1) is 12.8. The Morgan fingerprint density at radius 3 is 2.81 bits per heavy atom. The van der Waals surface area contributed by atoms with Crippen molar-refractivity contribution in [2.24, 2.45) is 0 Å². The third-order valence-corrected chi connectivity index (χ3v) is 4.31. The highest BCUT2D eigenvalue weighted by atomic mass is 16.4. The van der Waals surface area contributed by atoms with Crippen molar-refractivity contribution in [3.8, 4) is 0 Å². The van der Waals surface area contributed by atoms with E-state index >= 15 is 0 Å². The lowest BCUT2D eigenvalue weighted by Gasteiger charge is -2.13. The third-order valence-electron chi connectivity index (χ3n) is 4.31. The lowest BCUT2D eigenvalue weighted by atomic mass is 9.99. The fourth-order valence-electron chi connectivity index (χ4n) is 2.89. The summed E-state index contributed by atoms with van der Waals surface area (Å²) in [6, 6.07) is 12.0. The molecule has 21 heavy (non-hydrogen) atoms. The Labute approximate surface area is 124 Å². The highest BCUT2D eigenvalue weighted by Gasteiger charge is 2.27. The van der Waals surface area contributed by atoms with Crippen molar-refractivity contribution >= 4 is 6.01 Å². The van der Waals surface area contributed by atoms with Crippen molar-refractivity contribution in [1.82, 2.24) is 15.5 Å². The van der Waals surface area contributed by atoms with Gasteiger partial charge in [0.2, 0.25) is 5.89 Å². The summed E-state index contributed by atoms with van der Waals surface area (Å²) in [4.78, 5) is 2.20.